The fourth-order valence-corrected chi connectivity index (χ4v) is 2.49. The molecule has 7 heteroatoms. The number of rotatable bonds is 4. The zero-order valence-corrected chi connectivity index (χ0v) is 12.2. The van der Waals surface area contributed by atoms with Gasteiger partial charge >= 0.3 is 0 Å². The van der Waals surface area contributed by atoms with E-state index in [0.717, 1.165) is 16.9 Å². The molecule has 3 heterocycles. The highest BCUT2D eigenvalue weighted by atomic mass is 35.5. The van der Waals surface area contributed by atoms with E-state index in [0.29, 0.717) is 17.4 Å². The van der Waals surface area contributed by atoms with Gasteiger partial charge in [-0.1, -0.05) is 11.6 Å². The Morgan fingerprint density at radius 1 is 1.29 bits per heavy atom. The number of hydrogen-bond acceptors (Lipinski definition) is 4. The third-order valence-electron chi connectivity index (χ3n) is 3.10. The van der Waals surface area contributed by atoms with Crippen LogP contribution in [0, 0.1) is 6.92 Å². The summed E-state index contributed by atoms with van der Waals surface area (Å²) in [5, 5.41) is 18.3. The minimum Gasteiger partial charge on any atom is -0.396 e. The first-order valence-electron chi connectivity index (χ1n) is 6.52. The van der Waals surface area contributed by atoms with Crippen LogP contribution in [0.15, 0.2) is 36.8 Å². The van der Waals surface area contributed by atoms with Crippen molar-refractivity contribution in [3.8, 4) is 11.5 Å². The lowest BCUT2D eigenvalue weighted by Gasteiger charge is -2.11. The maximum Gasteiger partial charge on any atom is 0.175 e. The molecule has 0 radical (unpaired) electrons. The van der Waals surface area contributed by atoms with Gasteiger partial charge in [-0.25, -0.2) is 14.3 Å². The van der Waals surface area contributed by atoms with Crippen LogP contribution in [0.5, 0.6) is 0 Å². The number of pyridine rings is 1. The third-order valence-corrected chi connectivity index (χ3v) is 3.41. The lowest BCUT2D eigenvalue weighted by Crippen LogP contribution is -2.06. The van der Waals surface area contributed by atoms with Gasteiger partial charge in [-0.15, -0.1) is 5.10 Å². The van der Waals surface area contributed by atoms with Crippen LogP contribution in [0.2, 0.25) is 5.15 Å². The summed E-state index contributed by atoms with van der Waals surface area (Å²) in [5.74, 6) is 0.709. The van der Waals surface area contributed by atoms with Crippen LogP contribution in [0.25, 0.3) is 11.5 Å². The van der Waals surface area contributed by atoms with Crippen LogP contribution in [0.4, 0.5) is 0 Å². The molecule has 3 aromatic rings. The number of aromatic nitrogens is 5. The quantitative estimate of drug-likeness (QED) is 0.748. The van der Waals surface area contributed by atoms with Crippen molar-refractivity contribution in [2.24, 2.45) is 0 Å². The molecule has 3 rings (SSSR count). The Balaban J connectivity index is 2.08. The monoisotopic (exact) mass is 303 g/mol. The minimum absolute atomic E-state index is 0.00471. The number of hydrogen-bond donors (Lipinski definition) is 1. The van der Waals surface area contributed by atoms with E-state index in [1.807, 2.05) is 37.5 Å². The van der Waals surface area contributed by atoms with Crippen molar-refractivity contribution in [2.45, 2.75) is 13.3 Å². The Labute approximate surface area is 126 Å². The van der Waals surface area contributed by atoms with Gasteiger partial charge in [-0.3, -0.25) is 0 Å². The molecule has 21 heavy (non-hydrogen) atoms. The van der Waals surface area contributed by atoms with E-state index in [4.69, 9.17) is 11.6 Å². The SMILES string of the molecule is Cc1cc(-n2ccc(-n3cccn3)n2)c(CCO)c(Cl)n1. The first kappa shape index (κ1) is 13.8. The molecule has 0 spiro atoms. The summed E-state index contributed by atoms with van der Waals surface area (Å²) in [6.45, 7) is 1.88. The van der Waals surface area contributed by atoms with E-state index >= 15 is 0 Å². The zero-order valence-electron chi connectivity index (χ0n) is 11.4. The summed E-state index contributed by atoms with van der Waals surface area (Å²) in [6, 6.07) is 5.60. The number of aliphatic hydroxyl groups excluding tert-OH is 1. The van der Waals surface area contributed by atoms with Gasteiger partial charge in [0.25, 0.3) is 0 Å². The Morgan fingerprint density at radius 3 is 2.86 bits per heavy atom. The number of aliphatic hydroxyl groups is 1. The van der Waals surface area contributed by atoms with Gasteiger partial charge in [0, 0.05) is 48.9 Å². The molecule has 0 bridgehead atoms. The first-order chi connectivity index (χ1) is 10.2. The summed E-state index contributed by atoms with van der Waals surface area (Å²) in [6.07, 6.45) is 5.79. The van der Waals surface area contributed by atoms with E-state index in [2.05, 4.69) is 15.2 Å². The van der Waals surface area contributed by atoms with Gasteiger partial charge in [0.2, 0.25) is 0 Å². The van der Waals surface area contributed by atoms with Crippen molar-refractivity contribution >= 4 is 11.6 Å². The molecule has 0 aliphatic carbocycles. The molecule has 0 saturated carbocycles. The van der Waals surface area contributed by atoms with Gasteiger partial charge in [0.05, 0.1) is 5.69 Å². The number of nitrogens with zero attached hydrogens (tertiary/aromatic N) is 5. The first-order valence-corrected chi connectivity index (χ1v) is 6.90. The molecule has 0 aliphatic rings. The average Bonchev–Trinajstić information content (AvgIpc) is 3.10. The topological polar surface area (TPSA) is 68.8 Å². The van der Waals surface area contributed by atoms with Gasteiger partial charge in [-0.05, 0) is 19.1 Å². The van der Waals surface area contributed by atoms with E-state index in [1.54, 1.807) is 15.6 Å². The van der Waals surface area contributed by atoms with Crippen LogP contribution in [0.3, 0.4) is 0 Å². The number of aryl methyl sites for hydroxylation is 1. The molecule has 3 aromatic heterocycles. The molecular weight excluding hydrogens is 290 g/mol. The van der Waals surface area contributed by atoms with Crippen molar-refractivity contribution in [1.29, 1.82) is 0 Å². The Hall–Kier alpha value is -2.18. The normalized spacial score (nSPS) is 11.0. The molecular formula is C14H14ClN5O. The number of halogens is 1. The lowest BCUT2D eigenvalue weighted by molar-refractivity contribution is 0.299. The van der Waals surface area contributed by atoms with E-state index in [1.165, 1.54) is 0 Å². The Bertz CT molecular complexity index is 751. The minimum atomic E-state index is 0.00471. The van der Waals surface area contributed by atoms with Crippen molar-refractivity contribution in [1.82, 2.24) is 24.5 Å². The third kappa shape index (κ3) is 2.68. The lowest BCUT2D eigenvalue weighted by atomic mass is 10.1. The second-order valence-corrected chi connectivity index (χ2v) is 4.95. The summed E-state index contributed by atoms with van der Waals surface area (Å²) < 4.78 is 3.40. The standard InChI is InChI=1S/C14H14ClN5O/c1-10-9-12(11(4-8-21)14(15)17-10)19-7-3-13(18-19)20-6-2-5-16-20/h2-3,5-7,9,21H,4,8H2,1H3. The zero-order chi connectivity index (χ0) is 14.8. The molecule has 0 saturated heterocycles. The van der Waals surface area contributed by atoms with Crippen molar-refractivity contribution in [2.75, 3.05) is 6.61 Å². The highest BCUT2D eigenvalue weighted by Crippen LogP contribution is 2.23. The molecule has 6 nitrogen and oxygen atoms in total. The maximum atomic E-state index is 9.21. The summed E-state index contributed by atoms with van der Waals surface area (Å²) >= 11 is 6.19. The molecule has 0 aliphatic heterocycles. The van der Waals surface area contributed by atoms with Crippen LogP contribution in [-0.2, 0) is 6.42 Å². The van der Waals surface area contributed by atoms with Crippen LogP contribution >= 0.6 is 11.6 Å². The summed E-state index contributed by atoms with van der Waals surface area (Å²) in [5.41, 5.74) is 2.40. The van der Waals surface area contributed by atoms with Crippen molar-refractivity contribution in [3.05, 3.63) is 53.2 Å². The van der Waals surface area contributed by atoms with Gasteiger partial charge in [-0.2, -0.15) is 5.10 Å². The predicted octanol–water partition coefficient (Wildman–Crippen LogP) is 1.95. The fraction of sp³-hybridized carbons (Fsp3) is 0.214. The highest BCUT2D eigenvalue weighted by Gasteiger charge is 2.13. The van der Waals surface area contributed by atoms with Crippen molar-refractivity contribution in [3.63, 3.8) is 0 Å². The fourth-order valence-electron chi connectivity index (χ4n) is 2.17. The smallest absolute Gasteiger partial charge is 0.175 e. The van der Waals surface area contributed by atoms with Crippen LogP contribution in [-0.4, -0.2) is 36.3 Å². The average molecular weight is 304 g/mol. The van der Waals surface area contributed by atoms with Crippen LogP contribution in [0.1, 0.15) is 11.3 Å². The molecule has 0 amide bonds. The molecule has 0 atom stereocenters. The van der Waals surface area contributed by atoms with E-state index < -0.39 is 0 Å². The highest BCUT2D eigenvalue weighted by molar-refractivity contribution is 6.30. The Kier molecular flexibility index (Phi) is 3.72. The molecule has 0 fully saturated rings. The molecule has 1 N–H and O–H groups in total. The molecule has 0 unspecified atom stereocenters. The van der Waals surface area contributed by atoms with Gasteiger partial charge in [0.15, 0.2) is 5.82 Å². The predicted molar refractivity (Wildman–Crippen MR) is 79.0 cm³/mol. The second kappa shape index (κ2) is 5.67. The molecule has 108 valence electrons. The second-order valence-electron chi connectivity index (χ2n) is 4.59. The van der Waals surface area contributed by atoms with E-state index in [-0.39, 0.29) is 6.61 Å². The van der Waals surface area contributed by atoms with E-state index in [9.17, 15) is 5.11 Å². The summed E-state index contributed by atoms with van der Waals surface area (Å²) in [7, 11) is 0. The summed E-state index contributed by atoms with van der Waals surface area (Å²) in [4.78, 5) is 4.23. The largest absolute Gasteiger partial charge is 0.396 e. The molecule has 0 aromatic carbocycles. The maximum absolute atomic E-state index is 9.21. The van der Waals surface area contributed by atoms with Gasteiger partial charge < -0.3 is 5.11 Å². The van der Waals surface area contributed by atoms with Crippen molar-refractivity contribution < 1.29 is 5.11 Å². The van der Waals surface area contributed by atoms with Crippen LogP contribution < -0.4 is 0 Å². The van der Waals surface area contributed by atoms with Gasteiger partial charge in [0.1, 0.15) is 5.15 Å². The Morgan fingerprint density at radius 2 is 2.14 bits per heavy atom.